The van der Waals surface area contributed by atoms with E-state index >= 15 is 0 Å². The number of aryl methyl sites for hydroxylation is 2. The number of aliphatic imine (C=N–C) groups is 1. The highest BCUT2D eigenvalue weighted by Gasteiger charge is 2.12. The molecule has 0 unspecified atom stereocenters. The first-order valence-corrected chi connectivity index (χ1v) is 14.2. The van der Waals surface area contributed by atoms with E-state index < -0.39 is 0 Å². The molecule has 1 aliphatic rings. The normalized spacial score (nSPS) is 12.8. The Morgan fingerprint density at radius 2 is 1.83 bits per heavy atom. The number of nitrogens with one attached hydrogen (secondary N) is 1. The molecule has 1 aromatic heterocycles. The molecular weight excluding hydrogens is 460 g/mol. The lowest BCUT2D eigenvalue weighted by molar-refractivity contribution is 0.323. The largest absolute Gasteiger partial charge is 0.285 e. The first-order chi connectivity index (χ1) is 17.2. The number of aromatic nitrogens is 2. The summed E-state index contributed by atoms with van der Waals surface area (Å²) in [6.07, 6.45) is 11.1. The Balaban J connectivity index is 0.000000630. The molecule has 1 heterocycles. The van der Waals surface area contributed by atoms with Gasteiger partial charge in [0, 0.05) is 18.5 Å². The van der Waals surface area contributed by atoms with Gasteiger partial charge in [-0.25, -0.2) is 0 Å². The van der Waals surface area contributed by atoms with E-state index in [9.17, 15) is 0 Å². The van der Waals surface area contributed by atoms with Crippen molar-refractivity contribution in [2.24, 2.45) is 16.3 Å². The summed E-state index contributed by atoms with van der Waals surface area (Å²) in [7, 11) is 1.90. The van der Waals surface area contributed by atoms with Crippen molar-refractivity contribution in [1.82, 2.24) is 14.5 Å². The number of nitrogens with zero attached hydrogens (tertiary/aromatic N) is 3. The maximum atomic E-state index is 4.78. The zero-order valence-corrected chi connectivity index (χ0v) is 25.3. The van der Waals surface area contributed by atoms with E-state index in [0.717, 1.165) is 24.5 Å². The molecule has 3 rings (SSSR count). The van der Waals surface area contributed by atoms with Crippen molar-refractivity contribution in [3.05, 3.63) is 72.5 Å². The number of fused-ring (bicyclic) bond motifs is 1. The smallest absolute Gasteiger partial charge is 0.133 e. The predicted molar refractivity (Wildman–Crippen MR) is 163 cm³/mol. The number of rotatable bonds is 8. The maximum absolute atomic E-state index is 4.78. The van der Waals surface area contributed by atoms with Gasteiger partial charge in [-0.2, -0.15) is 5.10 Å². The fraction of sp³-hybridized carbons (Fsp3) is 0.548. The molecule has 4 nitrogen and oxygen atoms in total. The average Bonchev–Trinajstić information content (AvgIpc) is 3.48. The van der Waals surface area contributed by atoms with Crippen molar-refractivity contribution in [3.8, 4) is 0 Å². The van der Waals surface area contributed by atoms with Gasteiger partial charge in [0.2, 0.25) is 0 Å². The van der Waals surface area contributed by atoms with Crippen LogP contribution >= 0.6 is 11.9 Å². The van der Waals surface area contributed by atoms with Gasteiger partial charge >= 0.3 is 0 Å². The van der Waals surface area contributed by atoms with E-state index in [1.165, 1.54) is 30.5 Å². The minimum Gasteiger partial charge on any atom is -0.285 e. The van der Waals surface area contributed by atoms with E-state index in [2.05, 4.69) is 94.9 Å². The van der Waals surface area contributed by atoms with E-state index in [0.29, 0.717) is 5.92 Å². The molecule has 0 radical (unpaired) electrons. The first-order valence-electron chi connectivity index (χ1n) is 13.3. The van der Waals surface area contributed by atoms with Gasteiger partial charge in [0.05, 0.1) is 6.54 Å². The van der Waals surface area contributed by atoms with E-state index in [-0.39, 0.29) is 5.41 Å². The third-order valence-corrected chi connectivity index (χ3v) is 5.69. The lowest BCUT2D eigenvalue weighted by Gasteiger charge is -2.17. The van der Waals surface area contributed by atoms with Crippen LogP contribution < -0.4 is 4.72 Å². The summed E-state index contributed by atoms with van der Waals surface area (Å²) in [6.45, 7) is 24.9. The highest BCUT2D eigenvalue weighted by atomic mass is 32.2. The molecule has 0 saturated carbocycles. The highest BCUT2D eigenvalue weighted by molar-refractivity contribution is 7.97. The number of hydrogen-bond acceptors (Lipinski definition) is 4. The van der Waals surface area contributed by atoms with Crippen LogP contribution in [0, 0.1) is 11.3 Å². The zero-order chi connectivity index (χ0) is 27.6. The molecule has 5 heteroatoms. The molecule has 1 aromatic carbocycles. The molecule has 0 saturated heterocycles. The summed E-state index contributed by atoms with van der Waals surface area (Å²) in [5.41, 5.74) is 5.95. The van der Waals surface area contributed by atoms with Crippen LogP contribution in [0.15, 0.2) is 65.8 Å². The molecule has 2 aromatic rings. The van der Waals surface area contributed by atoms with Crippen LogP contribution in [0.25, 0.3) is 0 Å². The second-order valence-corrected chi connectivity index (χ2v) is 11.1. The first kappa shape index (κ1) is 33.9. The van der Waals surface area contributed by atoms with Gasteiger partial charge in [-0.3, -0.25) is 14.4 Å². The van der Waals surface area contributed by atoms with Crippen LogP contribution in [-0.4, -0.2) is 22.5 Å². The summed E-state index contributed by atoms with van der Waals surface area (Å²) in [5.74, 6) is 0.662. The Hall–Kier alpha value is -2.11. The van der Waals surface area contributed by atoms with Crippen LogP contribution in [0.4, 0.5) is 0 Å². The Kier molecular flexibility index (Phi) is 17.9. The maximum Gasteiger partial charge on any atom is 0.133 e. The molecule has 0 bridgehead atoms. The third-order valence-electron chi connectivity index (χ3n) is 5.06. The fourth-order valence-corrected chi connectivity index (χ4v) is 4.27. The van der Waals surface area contributed by atoms with Gasteiger partial charge in [-0.1, -0.05) is 72.7 Å². The average molecular weight is 513 g/mol. The molecule has 36 heavy (non-hydrogen) atoms. The Morgan fingerprint density at radius 3 is 2.42 bits per heavy atom. The molecule has 0 aliphatic heterocycles. The van der Waals surface area contributed by atoms with E-state index in [4.69, 9.17) is 4.99 Å². The highest BCUT2D eigenvalue weighted by Crippen LogP contribution is 2.23. The van der Waals surface area contributed by atoms with Crippen molar-refractivity contribution in [2.45, 2.75) is 99.2 Å². The van der Waals surface area contributed by atoms with Gasteiger partial charge in [0.25, 0.3) is 0 Å². The number of allylic oxidation sites excluding steroid dienone is 2. The number of benzene rings is 1. The van der Waals surface area contributed by atoms with Crippen molar-refractivity contribution < 1.29 is 0 Å². The van der Waals surface area contributed by atoms with Gasteiger partial charge in [-0.15, -0.1) is 13.2 Å². The summed E-state index contributed by atoms with van der Waals surface area (Å²) in [4.78, 5) is 4.78. The summed E-state index contributed by atoms with van der Waals surface area (Å²) in [6, 6.07) is 8.92. The molecule has 0 fully saturated rings. The zero-order valence-electron chi connectivity index (χ0n) is 24.5. The standard InChI is InChI=1S/C18H25N.C9H17N3S.C2H6.C2H4/c1-4-6-18(11-14(2)3)19-13-15-9-10-16-7-5-8-17(16)12-15;1-9(2,3)7-12-6-5-8(11-12)13-10-4;2*1-2/h4,6,9-10,12,14H,5,7-8,11,13H2,1-3H3;5-6,10H,7H2,1-4H3;1-2H3;1-2H2/b6-4-,19-18?;;;. The van der Waals surface area contributed by atoms with Crippen LogP contribution in [-0.2, 0) is 25.9 Å². The molecule has 0 atom stereocenters. The van der Waals surface area contributed by atoms with Crippen molar-refractivity contribution in [3.63, 3.8) is 0 Å². The predicted octanol–water partition coefficient (Wildman–Crippen LogP) is 8.72. The lowest BCUT2D eigenvalue weighted by atomic mass is 9.97. The minimum atomic E-state index is 0.285. The van der Waals surface area contributed by atoms with Crippen molar-refractivity contribution in [1.29, 1.82) is 0 Å². The summed E-state index contributed by atoms with van der Waals surface area (Å²) >= 11 is 1.54. The molecule has 0 amide bonds. The molecule has 1 N–H and O–H groups in total. The topological polar surface area (TPSA) is 42.2 Å². The van der Waals surface area contributed by atoms with Crippen LogP contribution in [0.3, 0.4) is 0 Å². The van der Waals surface area contributed by atoms with E-state index in [1.54, 1.807) is 23.1 Å². The SMILES string of the molecule is C/C=C\C(CC(C)C)=NCc1ccc2c(c1)CCC2.C=C.CC.CNSc1ccn(CC(C)(C)C)n1. The molecule has 1 aliphatic carbocycles. The van der Waals surface area contributed by atoms with Crippen LogP contribution in [0.2, 0.25) is 0 Å². The van der Waals surface area contributed by atoms with Gasteiger partial charge in [-0.05, 0) is 91.8 Å². The molecule has 202 valence electrons. The van der Waals surface area contributed by atoms with Gasteiger partial charge in [0.15, 0.2) is 0 Å². The fourth-order valence-electron chi connectivity index (χ4n) is 3.79. The van der Waals surface area contributed by atoms with Gasteiger partial charge < -0.3 is 0 Å². The second-order valence-electron chi connectivity index (χ2n) is 10.1. The Morgan fingerprint density at radius 1 is 1.17 bits per heavy atom. The second kappa shape index (κ2) is 19.1. The van der Waals surface area contributed by atoms with Crippen molar-refractivity contribution in [2.75, 3.05) is 7.05 Å². The minimum absolute atomic E-state index is 0.285. The van der Waals surface area contributed by atoms with Crippen molar-refractivity contribution >= 4 is 17.7 Å². The molecule has 0 spiro atoms. The summed E-state index contributed by atoms with van der Waals surface area (Å²) in [5, 5.41) is 5.42. The monoisotopic (exact) mass is 512 g/mol. The Bertz CT molecular complexity index is 904. The van der Waals surface area contributed by atoms with E-state index in [1.807, 2.05) is 37.8 Å². The summed E-state index contributed by atoms with van der Waals surface area (Å²) < 4.78 is 4.99. The Labute approximate surface area is 226 Å². The quantitative estimate of drug-likeness (QED) is 0.218. The third kappa shape index (κ3) is 14.4. The van der Waals surface area contributed by atoms with Crippen LogP contribution in [0.1, 0.15) is 84.9 Å². The molecular formula is C31H52N4S. The lowest BCUT2D eigenvalue weighted by Crippen LogP contribution is -2.15. The van der Waals surface area contributed by atoms with Gasteiger partial charge in [0.1, 0.15) is 5.03 Å². The number of hydrogen-bond donors (Lipinski definition) is 1. The van der Waals surface area contributed by atoms with Crippen LogP contribution in [0.5, 0.6) is 0 Å².